The first-order chi connectivity index (χ1) is 9.22. The summed E-state index contributed by atoms with van der Waals surface area (Å²) in [5.74, 6) is 5.76. The Balaban J connectivity index is 2.33. The second kappa shape index (κ2) is 5.40. The number of nitrogens with zero attached hydrogens (tertiary/aromatic N) is 1. The molecule has 1 heterocycles. The smallest absolute Gasteiger partial charge is 0.276 e. The molecule has 0 amide bonds. The topological polar surface area (TPSA) is 72.6 Å². The molecule has 0 aliphatic carbocycles. The van der Waals surface area contributed by atoms with E-state index in [1.165, 1.54) is 16.8 Å². The fourth-order valence-electron chi connectivity index (χ4n) is 2.24. The number of hydrazine groups is 1. The number of aryl methyl sites for hydroxylation is 3. The molecule has 1 aliphatic heterocycles. The second-order valence-electron chi connectivity index (χ2n) is 4.89. The Morgan fingerprint density at radius 1 is 1.20 bits per heavy atom. The summed E-state index contributed by atoms with van der Waals surface area (Å²) in [5.41, 5.74) is 2.40. The lowest BCUT2D eigenvalue weighted by atomic mass is 10.1. The number of hydrogen-bond acceptors (Lipinski definition) is 6. The quantitative estimate of drug-likeness (QED) is 0.682. The Bertz CT molecular complexity index is 645. The van der Waals surface area contributed by atoms with E-state index in [0.29, 0.717) is 11.1 Å². The van der Waals surface area contributed by atoms with Crippen molar-refractivity contribution in [3.8, 4) is 0 Å². The van der Waals surface area contributed by atoms with Crippen molar-refractivity contribution in [3.63, 3.8) is 0 Å². The van der Waals surface area contributed by atoms with E-state index in [-0.39, 0.29) is 4.90 Å². The zero-order valence-corrected chi connectivity index (χ0v) is 13.5. The Kier molecular flexibility index (Phi) is 4.15. The standard InChI is InChI=1S/C13H18N2O3S2/c1-8-5-9(2)12(10(3)6-8)20(16,17)18-13-15(14)11(4)7-19-13/h5-7,13H,14H2,1-4H3. The molecule has 1 unspecified atom stereocenters. The first-order valence-corrected chi connectivity index (χ1v) is 8.45. The molecule has 2 N–H and O–H groups in total. The van der Waals surface area contributed by atoms with E-state index in [1.807, 2.05) is 19.1 Å². The van der Waals surface area contributed by atoms with E-state index in [0.717, 1.165) is 11.3 Å². The maximum Gasteiger partial charge on any atom is 0.300 e. The molecular weight excluding hydrogens is 296 g/mol. The average molecular weight is 314 g/mol. The van der Waals surface area contributed by atoms with Crippen LogP contribution in [0.4, 0.5) is 0 Å². The minimum absolute atomic E-state index is 0.224. The second-order valence-corrected chi connectivity index (χ2v) is 7.31. The molecule has 1 atom stereocenters. The molecule has 0 fully saturated rings. The number of nitrogens with two attached hydrogens (primary N) is 1. The van der Waals surface area contributed by atoms with Gasteiger partial charge in [-0.05, 0) is 44.2 Å². The van der Waals surface area contributed by atoms with Crippen LogP contribution in [0, 0.1) is 20.8 Å². The van der Waals surface area contributed by atoms with E-state index < -0.39 is 15.7 Å². The van der Waals surface area contributed by atoms with Crippen molar-refractivity contribution in [1.82, 2.24) is 5.01 Å². The molecule has 0 radical (unpaired) electrons. The Morgan fingerprint density at radius 3 is 2.20 bits per heavy atom. The normalized spacial score (nSPS) is 19.4. The SMILES string of the molecule is CC1=CSC(OS(=O)(=O)c2c(C)cc(C)cc2C)N1N. The van der Waals surface area contributed by atoms with Gasteiger partial charge in [-0.3, -0.25) is 5.01 Å². The van der Waals surface area contributed by atoms with Crippen LogP contribution in [0.25, 0.3) is 0 Å². The molecule has 5 nitrogen and oxygen atoms in total. The van der Waals surface area contributed by atoms with E-state index in [1.54, 1.807) is 26.2 Å². The molecule has 2 rings (SSSR count). The van der Waals surface area contributed by atoms with Crippen LogP contribution in [0.15, 0.2) is 28.1 Å². The van der Waals surface area contributed by atoms with Crippen LogP contribution in [-0.2, 0) is 14.3 Å². The predicted molar refractivity (Wildman–Crippen MR) is 80.1 cm³/mol. The monoisotopic (exact) mass is 314 g/mol. The van der Waals surface area contributed by atoms with Crippen LogP contribution < -0.4 is 5.84 Å². The number of allylic oxidation sites excluding steroid dienone is 1. The summed E-state index contributed by atoms with van der Waals surface area (Å²) in [4.78, 5) is 0.224. The van der Waals surface area contributed by atoms with Gasteiger partial charge in [-0.1, -0.05) is 29.5 Å². The lowest BCUT2D eigenvalue weighted by Crippen LogP contribution is -2.37. The van der Waals surface area contributed by atoms with Crippen LogP contribution in [0.2, 0.25) is 0 Å². The van der Waals surface area contributed by atoms with Crippen molar-refractivity contribution in [2.75, 3.05) is 0 Å². The largest absolute Gasteiger partial charge is 0.300 e. The highest BCUT2D eigenvalue weighted by atomic mass is 32.2. The van der Waals surface area contributed by atoms with Crippen LogP contribution >= 0.6 is 11.8 Å². The van der Waals surface area contributed by atoms with E-state index in [2.05, 4.69) is 0 Å². The molecule has 0 aromatic heterocycles. The van der Waals surface area contributed by atoms with Gasteiger partial charge >= 0.3 is 0 Å². The number of benzene rings is 1. The number of hydrogen-bond donors (Lipinski definition) is 1. The third-order valence-corrected chi connectivity index (χ3v) is 5.79. The first kappa shape index (κ1) is 15.4. The van der Waals surface area contributed by atoms with Crippen molar-refractivity contribution in [1.29, 1.82) is 0 Å². The van der Waals surface area contributed by atoms with Gasteiger partial charge in [-0.25, -0.2) is 10.0 Å². The van der Waals surface area contributed by atoms with Crippen molar-refractivity contribution >= 4 is 21.9 Å². The molecule has 1 aromatic carbocycles. The predicted octanol–water partition coefficient (Wildman–Crippen LogP) is 2.38. The minimum atomic E-state index is -3.85. The van der Waals surface area contributed by atoms with Gasteiger partial charge in [0.15, 0.2) is 0 Å². The summed E-state index contributed by atoms with van der Waals surface area (Å²) in [5, 5.41) is 3.08. The van der Waals surface area contributed by atoms with Crippen molar-refractivity contribution in [2.45, 2.75) is 38.2 Å². The maximum absolute atomic E-state index is 12.5. The molecule has 0 saturated heterocycles. The lowest BCUT2D eigenvalue weighted by molar-refractivity contribution is 0.140. The molecule has 1 aliphatic rings. The Labute approximate surface area is 123 Å². The number of thioether (sulfide) groups is 1. The maximum atomic E-state index is 12.5. The van der Waals surface area contributed by atoms with Crippen LogP contribution in [0.3, 0.4) is 0 Å². The molecule has 1 aromatic rings. The van der Waals surface area contributed by atoms with Gasteiger partial charge in [0.2, 0.25) is 5.56 Å². The van der Waals surface area contributed by atoms with Crippen LogP contribution in [0.1, 0.15) is 23.6 Å². The van der Waals surface area contributed by atoms with Gasteiger partial charge in [0.05, 0.1) is 0 Å². The highest BCUT2D eigenvalue weighted by Crippen LogP contribution is 2.32. The fourth-order valence-corrected chi connectivity index (χ4v) is 4.77. The van der Waals surface area contributed by atoms with Crippen molar-refractivity contribution < 1.29 is 12.6 Å². The van der Waals surface area contributed by atoms with E-state index in [9.17, 15) is 8.42 Å². The Morgan fingerprint density at radius 2 is 1.75 bits per heavy atom. The lowest BCUT2D eigenvalue weighted by Gasteiger charge is -2.22. The summed E-state index contributed by atoms with van der Waals surface area (Å²) in [6.45, 7) is 7.26. The molecular formula is C13H18N2O3S2. The summed E-state index contributed by atoms with van der Waals surface area (Å²) in [6, 6.07) is 3.66. The highest BCUT2D eigenvalue weighted by Gasteiger charge is 2.31. The van der Waals surface area contributed by atoms with Gasteiger partial charge in [0, 0.05) is 5.70 Å². The highest BCUT2D eigenvalue weighted by molar-refractivity contribution is 8.03. The first-order valence-electron chi connectivity index (χ1n) is 6.09. The molecule has 0 bridgehead atoms. The van der Waals surface area contributed by atoms with E-state index in [4.69, 9.17) is 10.0 Å². The van der Waals surface area contributed by atoms with Crippen molar-refractivity contribution in [3.05, 3.63) is 39.9 Å². The molecule has 7 heteroatoms. The molecule has 20 heavy (non-hydrogen) atoms. The molecule has 110 valence electrons. The van der Waals surface area contributed by atoms with Crippen LogP contribution in [-0.4, -0.2) is 19.0 Å². The Hall–Kier alpha value is -1.02. The van der Waals surface area contributed by atoms with Gasteiger partial charge in [0.25, 0.3) is 10.1 Å². The zero-order valence-electron chi connectivity index (χ0n) is 11.9. The summed E-state index contributed by atoms with van der Waals surface area (Å²) < 4.78 is 30.2. The van der Waals surface area contributed by atoms with Crippen LogP contribution in [0.5, 0.6) is 0 Å². The van der Waals surface area contributed by atoms with E-state index >= 15 is 0 Å². The van der Waals surface area contributed by atoms with Gasteiger partial charge in [-0.15, -0.1) is 0 Å². The third-order valence-electron chi connectivity index (χ3n) is 3.05. The molecule has 0 saturated carbocycles. The summed E-state index contributed by atoms with van der Waals surface area (Å²) in [6.07, 6.45) is 0. The third kappa shape index (κ3) is 2.85. The van der Waals surface area contributed by atoms with Gasteiger partial charge in [-0.2, -0.15) is 8.42 Å². The fraction of sp³-hybridized carbons (Fsp3) is 0.385. The van der Waals surface area contributed by atoms with Crippen molar-refractivity contribution in [2.24, 2.45) is 5.84 Å². The average Bonchev–Trinajstić information content (AvgIpc) is 2.58. The van der Waals surface area contributed by atoms with Gasteiger partial charge < -0.3 is 0 Å². The van der Waals surface area contributed by atoms with Gasteiger partial charge in [0.1, 0.15) is 4.90 Å². The minimum Gasteiger partial charge on any atom is -0.276 e. The zero-order chi connectivity index (χ0) is 15.1. The summed E-state index contributed by atoms with van der Waals surface area (Å²) in [7, 11) is -3.85. The summed E-state index contributed by atoms with van der Waals surface area (Å²) >= 11 is 1.23. The number of rotatable bonds is 3. The molecule has 0 spiro atoms.